The molecule has 10 heteroatoms. The number of nitrogens with two attached hydrogens (primary N) is 1. The van der Waals surface area contributed by atoms with Crippen LogP contribution >= 0.6 is 0 Å². The van der Waals surface area contributed by atoms with Crippen LogP contribution < -0.4 is 5.73 Å². The summed E-state index contributed by atoms with van der Waals surface area (Å²) in [6.07, 6.45) is -1.64. The van der Waals surface area contributed by atoms with Crippen molar-refractivity contribution in [3.05, 3.63) is 28.3 Å². The number of amides is 1. The molecule has 0 saturated heterocycles. The Kier molecular flexibility index (Phi) is 6.06. The first-order valence-corrected chi connectivity index (χ1v) is 12.3. The van der Waals surface area contributed by atoms with Crippen molar-refractivity contribution in [2.75, 3.05) is 14.1 Å². The lowest BCUT2D eigenvalue weighted by atomic mass is 9.49. The van der Waals surface area contributed by atoms with E-state index in [9.17, 15) is 39.3 Å². The van der Waals surface area contributed by atoms with Crippen molar-refractivity contribution in [1.29, 1.82) is 0 Å². The van der Waals surface area contributed by atoms with Crippen LogP contribution in [-0.4, -0.2) is 81.1 Å². The van der Waals surface area contributed by atoms with Gasteiger partial charge >= 0.3 is 0 Å². The molecule has 2 unspecified atom stereocenters. The van der Waals surface area contributed by atoms with E-state index in [2.05, 4.69) is 0 Å². The van der Waals surface area contributed by atoms with Crippen molar-refractivity contribution in [2.45, 2.75) is 63.7 Å². The number of Topliss-reactive ketones (excluding diaryl/α,β-unsaturated/α-hetero) is 4. The Morgan fingerprint density at radius 3 is 2.16 bits per heavy atom. The number of phenols is 1. The molecule has 2 saturated carbocycles. The smallest absolute Gasteiger partial charge is 0.235 e. The highest BCUT2D eigenvalue weighted by Gasteiger charge is 2.73. The first kappa shape index (κ1) is 27.1. The molecular weight excluding hydrogens is 480 g/mol. The van der Waals surface area contributed by atoms with Crippen molar-refractivity contribution in [2.24, 2.45) is 29.4 Å². The van der Waals surface area contributed by atoms with Gasteiger partial charge in [-0.2, -0.15) is 0 Å². The van der Waals surface area contributed by atoms with Crippen LogP contribution in [0.15, 0.2) is 6.07 Å². The van der Waals surface area contributed by atoms with E-state index in [4.69, 9.17) is 5.73 Å². The molecule has 3 aliphatic carbocycles. The number of aliphatic hydroxyl groups is 2. The van der Waals surface area contributed by atoms with Gasteiger partial charge in [-0.15, -0.1) is 0 Å². The van der Waals surface area contributed by atoms with Gasteiger partial charge in [0.05, 0.1) is 29.5 Å². The van der Waals surface area contributed by atoms with Crippen LogP contribution in [0.1, 0.15) is 60.7 Å². The Morgan fingerprint density at radius 2 is 1.68 bits per heavy atom. The van der Waals surface area contributed by atoms with Gasteiger partial charge in [0.15, 0.2) is 34.7 Å². The molecular formula is C27H34N2O8. The van der Waals surface area contributed by atoms with Crippen molar-refractivity contribution in [3.8, 4) is 5.75 Å². The van der Waals surface area contributed by atoms with Gasteiger partial charge in [0, 0.05) is 11.5 Å². The molecule has 2 fully saturated rings. The zero-order chi connectivity index (χ0) is 28.1. The third-order valence-electron chi connectivity index (χ3n) is 8.60. The second kappa shape index (κ2) is 8.28. The van der Waals surface area contributed by atoms with Gasteiger partial charge in [-0.05, 0) is 43.5 Å². The van der Waals surface area contributed by atoms with Crippen molar-refractivity contribution in [3.63, 3.8) is 0 Å². The maximum absolute atomic E-state index is 14.0. The summed E-state index contributed by atoms with van der Waals surface area (Å²) in [5, 5.41) is 34.5. The van der Waals surface area contributed by atoms with E-state index in [-0.39, 0.29) is 11.3 Å². The summed E-state index contributed by atoms with van der Waals surface area (Å²) in [6.45, 7) is 9.06. The van der Waals surface area contributed by atoms with Crippen LogP contribution in [0.2, 0.25) is 0 Å². The van der Waals surface area contributed by atoms with Gasteiger partial charge in [-0.1, -0.05) is 33.8 Å². The molecule has 10 nitrogen and oxygen atoms in total. The number of aliphatic hydroxyl groups excluding tert-OH is 1. The molecule has 0 aromatic heterocycles. The number of phenolic OH excluding ortho intramolecular Hbond substituents is 1. The summed E-state index contributed by atoms with van der Waals surface area (Å²) < 4.78 is 0. The lowest BCUT2D eigenvalue weighted by Crippen LogP contribution is -2.77. The van der Waals surface area contributed by atoms with E-state index in [1.54, 1.807) is 19.9 Å². The van der Waals surface area contributed by atoms with Gasteiger partial charge in [0.2, 0.25) is 5.91 Å². The Bertz CT molecular complexity index is 1260. The molecule has 8 atom stereocenters. The minimum absolute atomic E-state index is 0.0729. The molecule has 0 radical (unpaired) electrons. The van der Waals surface area contributed by atoms with Gasteiger partial charge in [0.25, 0.3) is 0 Å². The van der Waals surface area contributed by atoms with Gasteiger partial charge in [-0.3, -0.25) is 28.9 Å². The van der Waals surface area contributed by atoms with E-state index < -0.39 is 81.8 Å². The van der Waals surface area contributed by atoms with E-state index in [1.165, 1.54) is 19.0 Å². The minimum Gasteiger partial charge on any atom is -0.507 e. The molecule has 0 spiro atoms. The monoisotopic (exact) mass is 514 g/mol. The largest absolute Gasteiger partial charge is 0.507 e. The highest BCUT2D eigenvalue weighted by atomic mass is 16.3. The van der Waals surface area contributed by atoms with E-state index in [0.29, 0.717) is 16.7 Å². The summed E-state index contributed by atoms with van der Waals surface area (Å²) in [4.78, 5) is 68.0. The zero-order valence-electron chi connectivity index (χ0n) is 22.0. The Morgan fingerprint density at radius 1 is 1.11 bits per heavy atom. The molecule has 5 N–H and O–H groups in total. The zero-order valence-corrected chi connectivity index (χ0v) is 22.0. The fourth-order valence-electron chi connectivity index (χ4n) is 6.96. The van der Waals surface area contributed by atoms with Crippen molar-refractivity contribution >= 4 is 29.0 Å². The molecule has 1 aromatic rings. The first-order valence-electron chi connectivity index (χ1n) is 12.3. The van der Waals surface area contributed by atoms with Gasteiger partial charge in [-0.25, -0.2) is 0 Å². The standard InChI is InChI=1S/C27H34N2O8/c1-9-8-11(26(3,4)5)19(30)14-12(9)10(2)13-15(20(14)31)23(34)27(37)17(21(13)32)18(29(6)7)22(33)16(24(27)35)25(28)36/h8,10,13,15-18,21,30,32,37H,1-7H3,(H2,28,36)/t10-,13+,15?,16?,17+,18-,21-,27-/m1/s1. The lowest BCUT2D eigenvalue weighted by Gasteiger charge is -2.56. The second-order valence-corrected chi connectivity index (χ2v) is 12.0. The molecule has 0 aliphatic heterocycles. The number of primary amides is 1. The maximum atomic E-state index is 14.0. The minimum atomic E-state index is -3.00. The van der Waals surface area contributed by atoms with Crippen LogP contribution in [0.25, 0.3) is 0 Å². The number of ketones is 4. The normalized spacial score (nSPS) is 35.8. The summed E-state index contributed by atoms with van der Waals surface area (Å²) in [7, 11) is 2.92. The second-order valence-electron chi connectivity index (χ2n) is 12.0. The lowest BCUT2D eigenvalue weighted by molar-refractivity contribution is -0.196. The van der Waals surface area contributed by atoms with Crippen molar-refractivity contribution < 1.29 is 39.3 Å². The molecule has 4 rings (SSSR count). The SMILES string of the molecule is Cc1cc(C(C)(C)C)c(O)c2c1[C@@H](C)[C@H]1C(C2=O)C(=O)[C@@]2(O)C(=O)C(C(N)=O)C(=O)[C@H](N(C)C)[C@H]2[C@@H]1O. The summed E-state index contributed by atoms with van der Waals surface area (Å²) in [5.41, 5.74) is 3.36. The molecule has 200 valence electrons. The van der Waals surface area contributed by atoms with Crippen LogP contribution in [0.3, 0.4) is 0 Å². The van der Waals surface area contributed by atoms with Crippen LogP contribution in [-0.2, 0) is 24.6 Å². The molecule has 1 amide bonds. The van der Waals surface area contributed by atoms with E-state index >= 15 is 0 Å². The summed E-state index contributed by atoms with van der Waals surface area (Å²) >= 11 is 0. The highest BCUT2D eigenvalue weighted by Crippen LogP contribution is 2.55. The van der Waals surface area contributed by atoms with E-state index in [1.807, 2.05) is 20.8 Å². The summed E-state index contributed by atoms with van der Waals surface area (Å²) in [6, 6.07) is 0.390. The topological polar surface area (TPSA) is 175 Å². The van der Waals surface area contributed by atoms with Crippen LogP contribution in [0.4, 0.5) is 0 Å². The number of aromatic hydroxyl groups is 1. The number of benzene rings is 1. The molecule has 37 heavy (non-hydrogen) atoms. The van der Waals surface area contributed by atoms with Gasteiger partial charge < -0.3 is 21.1 Å². The number of rotatable bonds is 2. The third kappa shape index (κ3) is 3.38. The first-order chi connectivity index (χ1) is 16.9. The Balaban J connectivity index is 2.00. The number of hydrogen-bond acceptors (Lipinski definition) is 9. The quantitative estimate of drug-likeness (QED) is 0.396. The van der Waals surface area contributed by atoms with Crippen LogP contribution in [0, 0.1) is 30.6 Å². The maximum Gasteiger partial charge on any atom is 0.235 e. The number of hydrogen-bond donors (Lipinski definition) is 4. The predicted octanol–water partition coefficient (Wildman–Crippen LogP) is 0.00472. The number of aryl methyl sites for hydroxylation is 1. The molecule has 0 heterocycles. The average Bonchev–Trinajstić information content (AvgIpc) is 2.76. The number of likely N-dealkylation sites (N-methyl/N-ethyl adjacent to an activating group) is 1. The Hall–Kier alpha value is -2.95. The number of carbonyl (C=O) groups is 5. The average molecular weight is 515 g/mol. The summed E-state index contributed by atoms with van der Waals surface area (Å²) in [5.74, 6) is -13.1. The molecule has 3 aliphatic rings. The van der Waals surface area contributed by atoms with Gasteiger partial charge in [0.1, 0.15) is 5.75 Å². The van der Waals surface area contributed by atoms with E-state index in [0.717, 1.165) is 0 Å². The fourth-order valence-corrected chi connectivity index (χ4v) is 6.96. The fraction of sp³-hybridized carbons (Fsp3) is 0.593. The highest BCUT2D eigenvalue weighted by molar-refractivity contribution is 6.32. The number of carbonyl (C=O) groups excluding carboxylic acids is 5. The number of fused-ring (bicyclic) bond motifs is 3. The third-order valence-corrected chi connectivity index (χ3v) is 8.60. The number of nitrogens with zero attached hydrogens (tertiary/aromatic N) is 1. The Labute approximate surface area is 214 Å². The van der Waals surface area contributed by atoms with Crippen molar-refractivity contribution in [1.82, 2.24) is 4.90 Å². The molecule has 1 aromatic carbocycles. The predicted molar refractivity (Wildman–Crippen MR) is 131 cm³/mol. The molecule has 0 bridgehead atoms. The van der Waals surface area contributed by atoms with Crippen LogP contribution in [0.5, 0.6) is 5.75 Å².